The lowest BCUT2D eigenvalue weighted by molar-refractivity contribution is 0.0747. The Labute approximate surface area is 155 Å². The molecular weight excluding hydrogens is 365 g/mol. The number of fused-ring (bicyclic) bond motifs is 1. The van der Waals surface area contributed by atoms with Crippen LogP contribution in [0.5, 0.6) is 0 Å². The molecule has 7 heteroatoms. The van der Waals surface area contributed by atoms with Crippen molar-refractivity contribution >= 4 is 57.2 Å². The van der Waals surface area contributed by atoms with Crippen molar-refractivity contribution in [2.24, 2.45) is 0 Å². The molecule has 1 fully saturated rings. The van der Waals surface area contributed by atoms with E-state index in [9.17, 15) is 4.79 Å². The smallest absolute Gasteiger partial charge is 0.254 e. The predicted molar refractivity (Wildman–Crippen MR) is 103 cm³/mol. The van der Waals surface area contributed by atoms with Crippen molar-refractivity contribution < 1.29 is 4.79 Å². The van der Waals surface area contributed by atoms with Crippen LogP contribution in [0.2, 0.25) is 4.34 Å². The van der Waals surface area contributed by atoms with Gasteiger partial charge in [0.25, 0.3) is 5.91 Å². The number of anilines is 1. The number of amides is 1. The highest BCUT2D eigenvalue weighted by molar-refractivity contribution is 7.19. The largest absolute Gasteiger partial charge is 0.361 e. The van der Waals surface area contributed by atoms with Gasteiger partial charge in [0.2, 0.25) is 0 Å². The number of nitrogens with one attached hydrogen (secondary N) is 1. The molecule has 24 heavy (non-hydrogen) atoms. The van der Waals surface area contributed by atoms with Gasteiger partial charge in [0.1, 0.15) is 0 Å². The second kappa shape index (κ2) is 7.05. The molecule has 1 aliphatic heterocycles. The number of aromatic nitrogens is 1. The van der Waals surface area contributed by atoms with Crippen molar-refractivity contribution in [1.82, 2.24) is 9.88 Å². The molecule has 1 aromatic carbocycles. The summed E-state index contributed by atoms with van der Waals surface area (Å²) in [4.78, 5) is 20.1. The van der Waals surface area contributed by atoms with Gasteiger partial charge in [-0.3, -0.25) is 4.79 Å². The Kier molecular flexibility index (Phi) is 5.04. The van der Waals surface area contributed by atoms with Crippen LogP contribution in [0.1, 0.15) is 10.4 Å². The Morgan fingerprint density at radius 1 is 1.08 bits per heavy atom. The molecule has 4 nitrogen and oxygen atoms in total. The van der Waals surface area contributed by atoms with Crippen LogP contribution < -0.4 is 4.90 Å². The zero-order valence-electron chi connectivity index (χ0n) is 12.9. The summed E-state index contributed by atoms with van der Waals surface area (Å²) in [6, 6.07) is 11.8. The summed E-state index contributed by atoms with van der Waals surface area (Å²) >= 11 is 7.59. The van der Waals surface area contributed by atoms with E-state index in [-0.39, 0.29) is 18.3 Å². The molecule has 4 rings (SSSR count). The number of thiophene rings is 1. The summed E-state index contributed by atoms with van der Waals surface area (Å²) < 4.78 is 0.803. The lowest BCUT2D eigenvalue weighted by Gasteiger charge is -2.35. The van der Waals surface area contributed by atoms with Crippen LogP contribution in [0.3, 0.4) is 0 Å². The van der Waals surface area contributed by atoms with E-state index in [4.69, 9.17) is 11.6 Å². The molecule has 1 amide bonds. The number of carbonyl (C=O) groups excluding carboxylic acids is 1. The molecular formula is C17H17Cl2N3OS. The van der Waals surface area contributed by atoms with Crippen LogP contribution in [0.4, 0.5) is 5.00 Å². The SMILES string of the molecule is Cl.O=C(c1ccc2cc[nH]c2c1)N1CCN(c2ccc(Cl)s2)CC1. The van der Waals surface area contributed by atoms with Crippen LogP contribution in [-0.2, 0) is 0 Å². The number of hydrogen-bond donors (Lipinski definition) is 1. The highest BCUT2D eigenvalue weighted by Gasteiger charge is 2.23. The molecule has 0 saturated carbocycles. The number of aromatic amines is 1. The minimum Gasteiger partial charge on any atom is -0.361 e. The Bertz CT molecular complexity index is 852. The van der Waals surface area contributed by atoms with E-state index < -0.39 is 0 Å². The van der Waals surface area contributed by atoms with Gasteiger partial charge in [0.15, 0.2) is 0 Å². The number of nitrogens with zero attached hydrogens (tertiary/aromatic N) is 2. The van der Waals surface area contributed by atoms with Gasteiger partial charge in [-0.1, -0.05) is 17.7 Å². The number of halogens is 2. The van der Waals surface area contributed by atoms with Crippen LogP contribution in [0.15, 0.2) is 42.6 Å². The maximum Gasteiger partial charge on any atom is 0.254 e. The first-order chi connectivity index (χ1) is 11.2. The predicted octanol–water partition coefficient (Wildman–Crippen LogP) is 4.27. The standard InChI is InChI=1S/C17H16ClN3OS.ClH/c18-15-3-4-16(23-15)20-7-9-21(10-8-20)17(22)13-2-1-12-5-6-19-14(12)11-13;/h1-6,11,19H,7-10H2;1H. The third-order valence-corrected chi connectivity index (χ3v) is 5.53. The molecule has 0 aliphatic carbocycles. The zero-order valence-corrected chi connectivity index (χ0v) is 15.3. The fraction of sp³-hybridized carbons (Fsp3) is 0.235. The summed E-state index contributed by atoms with van der Waals surface area (Å²) in [6.07, 6.45) is 1.89. The first-order valence-electron chi connectivity index (χ1n) is 7.57. The van der Waals surface area contributed by atoms with Crippen molar-refractivity contribution in [1.29, 1.82) is 0 Å². The van der Waals surface area contributed by atoms with Crippen molar-refractivity contribution in [2.45, 2.75) is 0 Å². The Morgan fingerprint density at radius 3 is 2.58 bits per heavy atom. The number of benzene rings is 1. The Morgan fingerprint density at radius 2 is 1.88 bits per heavy atom. The highest BCUT2D eigenvalue weighted by Crippen LogP contribution is 2.30. The molecule has 0 unspecified atom stereocenters. The van der Waals surface area contributed by atoms with Gasteiger partial charge in [-0.15, -0.1) is 23.7 Å². The molecule has 1 N–H and O–H groups in total. The van der Waals surface area contributed by atoms with Crippen LogP contribution in [-0.4, -0.2) is 42.0 Å². The number of hydrogen-bond acceptors (Lipinski definition) is 3. The third-order valence-electron chi connectivity index (χ3n) is 4.24. The molecule has 2 aromatic heterocycles. The van der Waals surface area contributed by atoms with E-state index in [2.05, 4.69) is 9.88 Å². The summed E-state index contributed by atoms with van der Waals surface area (Å²) in [5.74, 6) is 0.102. The minimum absolute atomic E-state index is 0. The Hall–Kier alpha value is -1.69. The molecule has 0 spiro atoms. The van der Waals surface area contributed by atoms with Crippen molar-refractivity contribution in [2.75, 3.05) is 31.1 Å². The molecule has 0 bridgehead atoms. The molecule has 1 aliphatic rings. The highest BCUT2D eigenvalue weighted by atomic mass is 35.5. The maximum atomic E-state index is 12.7. The number of carbonyl (C=O) groups is 1. The van der Waals surface area contributed by atoms with Crippen molar-refractivity contribution in [3.8, 4) is 0 Å². The first kappa shape index (κ1) is 17.1. The first-order valence-corrected chi connectivity index (χ1v) is 8.77. The van der Waals surface area contributed by atoms with Crippen LogP contribution >= 0.6 is 35.3 Å². The van der Waals surface area contributed by atoms with E-state index in [1.807, 2.05) is 47.5 Å². The van der Waals surface area contributed by atoms with Gasteiger partial charge < -0.3 is 14.8 Å². The number of piperazine rings is 1. The second-order valence-electron chi connectivity index (χ2n) is 5.64. The van der Waals surface area contributed by atoms with Gasteiger partial charge in [-0.25, -0.2) is 0 Å². The Balaban J connectivity index is 0.00000169. The molecule has 0 radical (unpaired) electrons. The molecule has 3 aromatic rings. The topological polar surface area (TPSA) is 39.3 Å². The van der Waals surface area contributed by atoms with Gasteiger partial charge in [-0.05, 0) is 35.7 Å². The average Bonchev–Trinajstić information content (AvgIpc) is 3.22. The molecule has 126 valence electrons. The molecule has 3 heterocycles. The monoisotopic (exact) mass is 381 g/mol. The fourth-order valence-electron chi connectivity index (χ4n) is 2.97. The van der Waals surface area contributed by atoms with E-state index in [0.29, 0.717) is 0 Å². The summed E-state index contributed by atoms with van der Waals surface area (Å²) in [5.41, 5.74) is 1.75. The van der Waals surface area contributed by atoms with Crippen molar-refractivity contribution in [3.63, 3.8) is 0 Å². The van der Waals surface area contributed by atoms with E-state index in [0.717, 1.165) is 47.0 Å². The maximum absolute atomic E-state index is 12.7. The quantitative estimate of drug-likeness (QED) is 0.719. The number of rotatable bonds is 2. The van der Waals surface area contributed by atoms with Crippen molar-refractivity contribution in [3.05, 3.63) is 52.5 Å². The van der Waals surface area contributed by atoms with E-state index in [1.165, 1.54) is 5.00 Å². The summed E-state index contributed by atoms with van der Waals surface area (Å²) in [5, 5.41) is 2.30. The lowest BCUT2D eigenvalue weighted by atomic mass is 10.1. The molecule has 1 saturated heterocycles. The number of H-pyrrole nitrogens is 1. The minimum atomic E-state index is 0. The third kappa shape index (κ3) is 3.24. The normalized spacial score (nSPS) is 14.7. The average molecular weight is 382 g/mol. The fourth-order valence-corrected chi connectivity index (χ4v) is 4.05. The second-order valence-corrected chi connectivity index (χ2v) is 7.33. The van der Waals surface area contributed by atoms with Gasteiger partial charge in [0, 0.05) is 43.5 Å². The van der Waals surface area contributed by atoms with Gasteiger partial charge >= 0.3 is 0 Å². The summed E-state index contributed by atoms with van der Waals surface area (Å²) in [7, 11) is 0. The lowest BCUT2D eigenvalue weighted by Crippen LogP contribution is -2.48. The molecule has 0 atom stereocenters. The van der Waals surface area contributed by atoms with E-state index >= 15 is 0 Å². The zero-order chi connectivity index (χ0) is 15.8. The van der Waals surface area contributed by atoms with Gasteiger partial charge in [0.05, 0.1) is 9.34 Å². The summed E-state index contributed by atoms with van der Waals surface area (Å²) in [6.45, 7) is 3.15. The van der Waals surface area contributed by atoms with Gasteiger partial charge in [-0.2, -0.15) is 0 Å². The van der Waals surface area contributed by atoms with Crippen LogP contribution in [0.25, 0.3) is 10.9 Å². The van der Waals surface area contributed by atoms with E-state index in [1.54, 1.807) is 11.3 Å². The van der Waals surface area contributed by atoms with Crippen LogP contribution in [0, 0.1) is 0 Å².